The first-order chi connectivity index (χ1) is 6.25. The average Bonchev–Trinajstić information content (AvgIpc) is 2.53. The second-order valence-electron chi connectivity index (χ2n) is 3.35. The van der Waals surface area contributed by atoms with Gasteiger partial charge in [-0.1, -0.05) is 31.9 Å². The molecule has 0 radical (unpaired) electrons. The zero-order valence-electron chi connectivity index (χ0n) is 7.19. The van der Waals surface area contributed by atoms with Gasteiger partial charge in [0.05, 0.1) is 0 Å². The first-order valence-corrected chi connectivity index (χ1v) is 6.04. The lowest BCUT2D eigenvalue weighted by molar-refractivity contribution is 0.647. The summed E-state index contributed by atoms with van der Waals surface area (Å²) in [6.45, 7) is 1.15. The second-order valence-corrected chi connectivity index (χ2v) is 5.18. The van der Waals surface area contributed by atoms with Crippen LogP contribution in [0.4, 0.5) is 0 Å². The van der Waals surface area contributed by atoms with E-state index in [9.17, 15) is 0 Å². The van der Waals surface area contributed by atoms with Gasteiger partial charge in [-0.25, -0.2) is 0 Å². The smallest absolute Gasteiger partial charge is 0.0321 e. The summed E-state index contributed by atoms with van der Waals surface area (Å²) >= 11 is 7.00. The molecule has 3 heteroatoms. The van der Waals surface area contributed by atoms with Gasteiger partial charge in [-0.15, -0.1) is 0 Å². The Bertz CT molecular complexity index is 286. The minimum Gasteiger partial charge on any atom is -0.310 e. The summed E-state index contributed by atoms with van der Waals surface area (Å²) in [5.74, 6) is 0. The molecule has 0 amide bonds. The fraction of sp³-hybridized carbons (Fsp3) is 0.400. The van der Waals surface area contributed by atoms with Crippen LogP contribution in [-0.4, -0.2) is 6.54 Å². The fourth-order valence-corrected chi connectivity index (χ4v) is 3.07. The van der Waals surface area contributed by atoms with E-state index in [-0.39, 0.29) is 0 Å². The maximum Gasteiger partial charge on any atom is 0.0321 e. The highest BCUT2D eigenvalue weighted by molar-refractivity contribution is 9.11. The number of hydrogen-bond donors (Lipinski definition) is 1. The third kappa shape index (κ3) is 2.33. The minimum absolute atomic E-state index is 0.550. The molecule has 70 valence electrons. The van der Waals surface area contributed by atoms with Crippen molar-refractivity contribution in [2.45, 2.75) is 18.9 Å². The molecule has 0 aromatic heterocycles. The van der Waals surface area contributed by atoms with E-state index < -0.39 is 0 Å². The lowest BCUT2D eigenvalue weighted by atomic mass is 10.1. The molecule has 0 saturated carbocycles. The van der Waals surface area contributed by atoms with E-state index in [4.69, 9.17) is 0 Å². The predicted molar refractivity (Wildman–Crippen MR) is 61.8 cm³/mol. The molecule has 1 heterocycles. The SMILES string of the molecule is Brc1cc(Br)cc([C@H]2CCCN2)c1. The molecule has 1 fully saturated rings. The van der Waals surface area contributed by atoms with Crippen LogP contribution in [0.2, 0.25) is 0 Å². The summed E-state index contributed by atoms with van der Waals surface area (Å²) in [6.07, 6.45) is 2.54. The molecule has 1 aliphatic rings. The Balaban J connectivity index is 2.28. The topological polar surface area (TPSA) is 12.0 Å². The number of rotatable bonds is 1. The minimum atomic E-state index is 0.550. The third-order valence-corrected chi connectivity index (χ3v) is 3.26. The summed E-state index contributed by atoms with van der Waals surface area (Å²) in [6, 6.07) is 6.99. The number of benzene rings is 1. The van der Waals surface area contributed by atoms with Crippen molar-refractivity contribution in [2.24, 2.45) is 0 Å². The van der Waals surface area contributed by atoms with Crippen LogP contribution in [0.25, 0.3) is 0 Å². The maximum atomic E-state index is 3.50. The van der Waals surface area contributed by atoms with Gasteiger partial charge in [0.25, 0.3) is 0 Å². The summed E-state index contributed by atoms with van der Waals surface area (Å²) < 4.78 is 2.29. The Labute approximate surface area is 95.2 Å². The Kier molecular flexibility index (Phi) is 3.06. The van der Waals surface area contributed by atoms with Crippen molar-refractivity contribution in [3.63, 3.8) is 0 Å². The molecule has 0 spiro atoms. The van der Waals surface area contributed by atoms with Gasteiger partial charge in [0.2, 0.25) is 0 Å². The molecule has 1 aliphatic heterocycles. The Morgan fingerprint density at radius 2 is 1.85 bits per heavy atom. The van der Waals surface area contributed by atoms with Crippen LogP contribution >= 0.6 is 31.9 Å². The predicted octanol–water partition coefficient (Wildman–Crippen LogP) is 3.64. The fourth-order valence-electron chi connectivity index (χ4n) is 1.75. The van der Waals surface area contributed by atoms with Crippen molar-refractivity contribution < 1.29 is 0 Å². The van der Waals surface area contributed by atoms with Crippen molar-refractivity contribution in [3.8, 4) is 0 Å². The third-order valence-electron chi connectivity index (χ3n) is 2.35. The van der Waals surface area contributed by atoms with E-state index in [0.29, 0.717) is 6.04 Å². The van der Waals surface area contributed by atoms with Crippen LogP contribution in [0, 0.1) is 0 Å². The van der Waals surface area contributed by atoms with Crippen LogP contribution in [-0.2, 0) is 0 Å². The summed E-state index contributed by atoms with van der Waals surface area (Å²) in [5.41, 5.74) is 1.37. The summed E-state index contributed by atoms with van der Waals surface area (Å²) in [7, 11) is 0. The van der Waals surface area contributed by atoms with E-state index >= 15 is 0 Å². The Morgan fingerprint density at radius 3 is 2.38 bits per heavy atom. The molecule has 13 heavy (non-hydrogen) atoms. The standard InChI is InChI=1S/C10H11Br2N/c11-8-4-7(5-9(12)6-8)10-2-1-3-13-10/h4-6,10,13H,1-3H2/t10-/m1/s1. The molecule has 0 bridgehead atoms. The van der Waals surface area contributed by atoms with Gasteiger partial charge >= 0.3 is 0 Å². The van der Waals surface area contributed by atoms with Gasteiger partial charge < -0.3 is 5.32 Å². The summed E-state index contributed by atoms with van der Waals surface area (Å²) in [5, 5.41) is 3.49. The highest BCUT2D eigenvalue weighted by Crippen LogP contribution is 2.28. The monoisotopic (exact) mass is 303 g/mol. The van der Waals surface area contributed by atoms with E-state index in [1.165, 1.54) is 18.4 Å². The normalized spacial score (nSPS) is 22.2. The number of nitrogens with one attached hydrogen (secondary N) is 1. The van der Waals surface area contributed by atoms with Gasteiger partial charge in [-0.05, 0) is 43.1 Å². The largest absolute Gasteiger partial charge is 0.310 e. The van der Waals surface area contributed by atoms with Crippen LogP contribution in [0.1, 0.15) is 24.4 Å². The molecular formula is C10H11Br2N. The molecule has 2 rings (SSSR count). The number of halogens is 2. The van der Waals surface area contributed by atoms with E-state index in [1.54, 1.807) is 0 Å². The van der Waals surface area contributed by atoms with E-state index in [1.807, 2.05) is 0 Å². The molecule has 1 nitrogen and oxygen atoms in total. The highest BCUT2D eigenvalue weighted by Gasteiger charge is 2.16. The molecule has 0 aliphatic carbocycles. The average molecular weight is 305 g/mol. The van der Waals surface area contributed by atoms with Crippen LogP contribution in [0.15, 0.2) is 27.1 Å². The van der Waals surface area contributed by atoms with Crippen molar-refractivity contribution in [1.29, 1.82) is 0 Å². The van der Waals surface area contributed by atoms with E-state index in [0.717, 1.165) is 15.5 Å². The molecular weight excluding hydrogens is 294 g/mol. The lowest BCUT2D eigenvalue weighted by Gasteiger charge is -2.11. The van der Waals surface area contributed by atoms with Crippen molar-refractivity contribution in [3.05, 3.63) is 32.7 Å². The van der Waals surface area contributed by atoms with Gasteiger partial charge in [0.15, 0.2) is 0 Å². The highest BCUT2D eigenvalue weighted by atomic mass is 79.9. The second kappa shape index (κ2) is 4.11. The molecule has 1 saturated heterocycles. The lowest BCUT2D eigenvalue weighted by Crippen LogP contribution is -2.12. The number of hydrogen-bond acceptors (Lipinski definition) is 1. The zero-order valence-corrected chi connectivity index (χ0v) is 10.4. The van der Waals surface area contributed by atoms with Crippen molar-refractivity contribution in [2.75, 3.05) is 6.54 Å². The van der Waals surface area contributed by atoms with Gasteiger partial charge in [-0.3, -0.25) is 0 Å². The quantitative estimate of drug-likeness (QED) is 0.835. The van der Waals surface area contributed by atoms with Gasteiger partial charge in [-0.2, -0.15) is 0 Å². The maximum absolute atomic E-state index is 3.50. The first kappa shape index (κ1) is 9.69. The first-order valence-electron chi connectivity index (χ1n) is 4.45. The van der Waals surface area contributed by atoms with Gasteiger partial charge in [0.1, 0.15) is 0 Å². The Morgan fingerprint density at radius 1 is 1.15 bits per heavy atom. The summed E-state index contributed by atoms with van der Waals surface area (Å²) in [4.78, 5) is 0. The van der Waals surface area contributed by atoms with Crippen LogP contribution < -0.4 is 5.32 Å². The van der Waals surface area contributed by atoms with Crippen molar-refractivity contribution in [1.82, 2.24) is 5.32 Å². The molecule has 1 aromatic carbocycles. The van der Waals surface area contributed by atoms with Gasteiger partial charge in [0, 0.05) is 15.0 Å². The zero-order chi connectivity index (χ0) is 9.26. The Hall–Kier alpha value is 0.140. The molecule has 1 aromatic rings. The van der Waals surface area contributed by atoms with Crippen LogP contribution in [0.5, 0.6) is 0 Å². The molecule has 1 N–H and O–H groups in total. The molecule has 0 unspecified atom stereocenters. The van der Waals surface area contributed by atoms with Crippen LogP contribution in [0.3, 0.4) is 0 Å². The van der Waals surface area contributed by atoms with Crippen molar-refractivity contribution >= 4 is 31.9 Å². The molecule has 1 atom stereocenters. The van der Waals surface area contributed by atoms with E-state index in [2.05, 4.69) is 55.4 Å².